The predicted molar refractivity (Wildman–Crippen MR) is 123 cm³/mol. The third-order valence-electron chi connectivity index (χ3n) is 5.15. The Labute approximate surface area is 194 Å². The minimum Gasteiger partial charge on any atom is -0.496 e. The maximum absolute atomic E-state index is 14.0. The topological polar surface area (TPSA) is 75.7 Å². The molecule has 1 N–H and O–H groups in total. The predicted octanol–water partition coefficient (Wildman–Crippen LogP) is 4.74. The number of amides is 4. The van der Waals surface area contributed by atoms with Gasteiger partial charge in [0.2, 0.25) is 0 Å². The molecule has 33 heavy (non-hydrogen) atoms. The molecule has 0 radical (unpaired) electrons. The molecule has 3 aromatic carbocycles. The Kier molecular flexibility index (Phi) is 6.24. The number of hydrogen-bond acceptors (Lipinski definition) is 4. The number of halogens is 2. The molecule has 0 aromatic heterocycles. The number of hydrogen-bond donors (Lipinski definition) is 1. The molecule has 4 amide bonds. The van der Waals surface area contributed by atoms with Crippen molar-refractivity contribution in [3.8, 4) is 5.75 Å². The Morgan fingerprint density at radius 3 is 2.42 bits per heavy atom. The summed E-state index contributed by atoms with van der Waals surface area (Å²) >= 11 is 5.88. The van der Waals surface area contributed by atoms with E-state index in [1.54, 1.807) is 36.4 Å². The summed E-state index contributed by atoms with van der Waals surface area (Å²) in [5, 5.41) is 2.62. The van der Waals surface area contributed by atoms with Crippen molar-refractivity contribution in [3.05, 3.63) is 99.8 Å². The van der Waals surface area contributed by atoms with Crippen molar-refractivity contribution in [1.82, 2.24) is 5.32 Å². The van der Waals surface area contributed by atoms with Crippen molar-refractivity contribution < 1.29 is 23.5 Å². The average molecular weight is 465 g/mol. The van der Waals surface area contributed by atoms with Crippen molar-refractivity contribution in [2.75, 3.05) is 12.0 Å². The number of rotatable bonds is 5. The third-order valence-corrected chi connectivity index (χ3v) is 5.40. The van der Waals surface area contributed by atoms with E-state index in [4.69, 9.17) is 16.3 Å². The molecule has 166 valence electrons. The first kappa shape index (κ1) is 22.2. The number of carbonyl (C=O) groups excluding carboxylic acids is 3. The molecule has 0 spiro atoms. The Morgan fingerprint density at radius 2 is 1.73 bits per heavy atom. The van der Waals surface area contributed by atoms with Crippen LogP contribution >= 0.6 is 11.6 Å². The van der Waals surface area contributed by atoms with Gasteiger partial charge in [-0.1, -0.05) is 41.9 Å². The second-order valence-electron chi connectivity index (χ2n) is 7.27. The molecule has 0 saturated carbocycles. The number of nitrogens with one attached hydrogen (secondary N) is 1. The van der Waals surface area contributed by atoms with E-state index in [-0.39, 0.29) is 17.1 Å². The zero-order valence-electron chi connectivity index (χ0n) is 17.5. The van der Waals surface area contributed by atoms with E-state index in [0.29, 0.717) is 28.3 Å². The summed E-state index contributed by atoms with van der Waals surface area (Å²) in [5.41, 5.74) is 1.82. The lowest BCUT2D eigenvalue weighted by molar-refractivity contribution is -0.122. The first-order valence-corrected chi connectivity index (χ1v) is 10.3. The number of benzene rings is 3. The molecule has 0 aliphatic carbocycles. The van der Waals surface area contributed by atoms with Crippen LogP contribution in [0.5, 0.6) is 5.75 Å². The monoisotopic (exact) mass is 464 g/mol. The van der Waals surface area contributed by atoms with Gasteiger partial charge in [-0.15, -0.1) is 0 Å². The summed E-state index contributed by atoms with van der Waals surface area (Å²) in [6, 6.07) is 16.8. The average Bonchev–Trinajstić information content (AvgIpc) is 2.80. The Bertz CT molecular complexity index is 1290. The molecule has 0 unspecified atom stereocenters. The van der Waals surface area contributed by atoms with Gasteiger partial charge in [0.1, 0.15) is 17.1 Å². The number of carbonyl (C=O) groups is 3. The highest BCUT2D eigenvalue weighted by atomic mass is 35.5. The highest BCUT2D eigenvalue weighted by Crippen LogP contribution is 2.27. The van der Waals surface area contributed by atoms with Crippen LogP contribution in [0, 0.1) is 5.82 Å². The largest absolute Gasteiger partial charge is 0.496 e. The fourth-order valence-corrected chi connectivity index (χ4v) is 3.62. The summed E-state index contributed by atoms with van der Waals surface area (Å²) in [5.74, 6) is -1.41. The van der Waals surface area contributed by atoms with E-state index >= 15 is 0 Å². The molecule has 3 aromatic rings. The van der Waals surface area contributed by atoms with Gasteiger partial charge < -0.3 is 4.74 Å². The quantitative estimate of drug-likeness (QED) is 0.437. The van der Waals surface area contributed by atoms with Crippen LogP contribution in [0.1, 0.15) is 16.7 Å². The molecule has 1 heterocycles. The zero-order valence-corrected chi connectivity index (χ0v) is 18.2. The lowest BCUT2D eigenvalue weighted by Gasteiger charge is -2.26. The van der Waals surface area contributed by atoms with E-state index < -0.39 is 17.8 Å². The standard InChI is InChI=1S/C25H18ClFN2O4/c1-33-22-13-15(6-7-17(22)14-16-4-2-3-5-21(16)27)12-20-23(30)28-25(32)29(24(20)31)19-10-8-18(26)9-11-19/h2-13H,14H2,1H3,(H,28,30,32)/b20-12+. The number of barbiturate groups is 1. The Hall–Kier alpha value is -3.97. The van der Waals surface area contributed by atoms with Gasteiger partial charge in [-0.05, 0) is 59.2 Å². The van der Waals surface area contributed by atoms with Gasteiger partial charge >= 0.3 is 6.03 Å². The van der Waals surface area contributed by atoms with Crippen LogP contribution in [0.2, 0.25) is 5.02 Å². The van der Waals surface area contributed by atoms with Gasteiger partial charge in [-0.2, -0.15) is 0 Å². The van der Waals surface area contributed by atoms with Crippen LogP contribution in [0.3, 0.4) is 0 Å². The van der Waals surface area contributed by atoms with Gasteiger partial charge in [-0.3, -0.25) is 14.9 Å². The molecular formula is C25H18ClFN2O4. The van der Waals surface area contributed by atoms with Crippen molar-refractivity contribution in [2.45, 2.75) is 6.42 Å². The first-order valence-electron chi connectivity index (χ1n) is 9.94. The van der Waals surface area contributed by atoms with Gasteiger partial charge in [0.25, 0.3) is 11.8 Å². The van der Waals surface area contributed by atoms with E-state index in [1.165, 1.54) is 43.5 Å². The van der Waals surface area contributed by atoms with Crippen molar-refractivity contribution in [3.63, 3.8) is 0 Å². The van der Waals surface area contributed by atoms with Gasteiger partial charge in [0.05, 0.1) is 12.8 Å². The molecule has 0 bridgehead atoms. The molecule has 1 aliphatic heterocycles. The van der Waals surface area contributed by atoms with Crippen LogP contribution in [-0.2, 0) is 16.0 Å². The van der Waals surface area contributed by atoms with E-state index in [0.717, 1.165) is 10.5 Å². The third kappa shape index (κ3) is 4.63. The van der Waals surface area contributed by atoms with Crippen LogP contribution in [0.4, 0.5) is 14.9 Å². The molecular weight excluding hydrogens is 447 g/mol. The molecule has 1 fully saturated rings. The number of nitrogens with zero attached hydrogens (tertiary/aromatic N) is 1. The minimum atomic E-state index is -0.845. The normalized spacial score (nSPS) is 15.1. The number of anilines is 1. The van der Waals surface area contributed by atoms with Crippen LogP contribution in [0.15, 0.2) is 72.3 Å². The summed E-state index contributed by atoms with van der Waals surface area (Å²) in [7, 11) is 1.48. The SMILES string of the molecule is COc1cc(/C=C2\C(=O)NC(=O)N(c3ccc(Cl)cc3)C2=O)ccc1Cc1ccccc1F. The van der Waals surface area contributed by atoms with Gasteiger partial charge in [0, 0.05) is 11.4 Å². The second-order valence-corrected chi connectivity index (χ2v) is 7.71. The molecule has 1 aliphatic rings. The summed E-state index contributed by atoms with van der Waals surface area (Å²) in [6.45, 7) is 0. The van der Waals surface area contributed by atoms with E-state index in [2.05, 4.69) is 5.32 Å². The molecule has 8 heteroatoms. The number of ether oxygens (including phenoxy) is 1. The van der Waals surface area contributed by atoms with Crippen molar-refractivity contribution in [2.24, 2.45) is 0 Å². The van der Waals surface area contributed by atoms with Crippen LogP contribution in [-0.4, -0.2) is 25.0 Å². The Balaban J connectivity index is 1.66. The summed E-state index contributed by atoms with van der Waals surface area (Å²) in [6.07, 6.45) is 1.69. The molecule has 4 rings (SSSR count). The fourth-order valence-electron chi connectivity index (χ4n) is 3.49. The van der Waals surface area contributed by atoms with Crippen LogP contribution in [0.25, 0.3) is 6.08 Å². The van der Waals surface area contributed by atoms with Crippen molar-refractivity contribution in [1.29, 1.82) is 0 Å². The number of urea groups is 1. The first-order chi connectivity index (χ1) is 15.9. The van der Waals surface area contributed by atoms with Gasteiger partial charge in [0.15, 0.2) is 0 Å². The minimum absolute atomic E-state index is 0.214. The number of methoxy groups -OCH3 is 1. The smallest absolute Gasteiger partial charge is 0.335 e. The lowest BCUT2D eigenvalue weighted by atomic mass is 10.00. The van der Waals surface area contributed by atoms with Crippen molar-refractivity contribution >= 4 is 41.2 Å². The highest BCUT2D eigenvalue weighted by Gasteiger charge is 2.36. The molecule has 6 nitrogen and oxygen atoms in total. The molecule has 1 saturated heterocycles. The second kappa shape index (κ2) is 9.26. The zero-order chi connectivity index (χ0) is 23.5. The fraction of sp³-hybridized carbons (Fsp3) is 0.0800. The van der Waals surface area contributed by atoms with Gasteiger partial charge in [-0.25, -0.2) is 14.1 Å². The number of imide groups is 2. The van der Waals surface area contributed by atoms with E-state index in [9.17, 15) is 18.8 Å². The lowest BCUT2D eigenvalue weighted by Crippen LogP contribution is -2.54. The maximum Gasteiger partial charge on any atom is 0.335 e. The maximum atomic E-state index is 14.0. The van der Waals surface area contributed by atoms with Crippen LogP contribution < -0.4 is 15.0 Å². The highest BCUT2D eigenvalue weighted by molar-refractivity contribution is 6.39. The van der Waals surface area contributed by atoms with E-state index in [1.807, 2.05) is 0 Å². The summed E-state index contributed by atoms with van der Waals surface area (Å²) < 4.78 is 19.5. The summed E-state index contributed by atoms with van der Waals surface area (Å²) in [4.78, 5) is 38.6. The Morgan fingerprint density at radius 1 is 1.00 bits per heavy atom. The molecule has 0 atom stereocenters.